The molecule has 6 nitrogen and oxygen atoms in total. The van der Waals surface area contributed by atoms with E-state index in [1.807, 2.05) is 26.0 Å². The van der Waals surface area contributed by atoms with Crippen LogP contribution >= 0.6 is 11.6 Å². The first-order valence-corrected chi connectivity index (χ1v) is 10.6. The van der Waals surface area contributed by atoms with Crippen molar-refractivity contribution in [2.45, 2.75) is 39.7 Å². The molecule has 0 bridgehead atoms. The number of benzene rings is 1. The molecule has 1 fully saturated rings. The van der Waals surface area contributed by atoms with Gasteiger partial charge in [-0.25, -0.2) is 4.98 Å². The van der Waals surface area contributed by atoms with Crippen LogP contribution in [0.5, 0.6) is 11.5 Å². The smallest absolute Gasteiger partial charge is 0.251 e. The van der Waals surface area contributed by atoms with Gasteiger partial charge in [-0.3, -0.25) is 4.79 Å². The van der Waals surface area contributed by atoms with Crippen molar-refractivity contribution >= 4 is 23.3 Å². The summed E-state index contributed by atoms with van der Waals surface area (Å²) in [5, 5.41) is 3.32. The van der Waals surface area contributed by atoms with Crippen LogP contribution in [0.15, 0.2) is 30.5 Å². The molecule has 1 saturated heterocycles. The van der Waals surface area contributed by atoms with E-state index in [9.17, 15) is 4.79 Å². The third kappa shape index (κ3) is 5.54. The van der Waals surface area contributed by atoms with Gasteiger partial charge in [0.05, 0.1) is 18.2 Å². The van der Waals surface area contributed by atoms with E-state index in [0.717, 1.165) is 30.9 Å². The third-order valence-electron chi connectivity index (χ3n) is 4.72. The number of carbonyl (C=O) groups excluding carboxylic acids is 1. The summed E-state index contributed by atoms with van der Waals surface area (Å²) in [5.41, 5.74) is 1.45. The van der Waals surface area contributed by atoms with Crippen LogP contribution in [0.2, 0.25) is 5.02 Å². The van der Waals surface area contributed by atoms with Crippen LogP contribution in [0, 0.1) is 0 Å². The van der Waals surface area contributed by atoms with Gasteiger partial charge in [-0.15, -0.1) is 0 Å². The third-order valence-corrected chi connectivity index (χ3v) is 5.00. The van der Waals surface area contributed by atoms with Crippen molar-refractivity contribution in [2.24, 2.45) is 0 Å². The van der Waals surface area contributed by atoms with Crippen LogP contribution in [0.25, 0.3) is 0 Å². The zero-order valence-corrected chi connectivity index (χ0v) is 17.8. The maximum Gasteiger partial charge on any atom is 0.251 e. The highest BCUT2D eigenvalue weighted by molar-refractivity contribution is 6.32. The Bertz CT molecular complexity index is 838. The molecule has 1 amide bonds. The average Bonchev–Trinajstić information content (AvgIpc) is 3.27. The standard InChI is InChI=1S/C22H28ClN3O3/c1-3-11-29-21-18(23)13-17(14-19(21)28-4-2)22(27)25-15-16-7-8-24-20(12-16)26-9-5-6-10-26/h7-8,12-14H,3-6,9-11,15H2,1-2H3,(H,25,27). The summed E-state index contributed by atoms with van der Waals surface area (Å²) in [6.45, 7) is 7.38. The summed E-state index contributed by atoms with van der Waals surface area (Å²) in [7, 11) is 0. The Morgan fingerprint density at radius 2 is 2.00 bits per heavy atom. The maximum atomic E-state index is 12.7. The molecule has 0 saturated carbocycles. The Balaban J connectivity index is 1.69. The summed E-state index contributed by atoms with van der Waals surface area (Å²) in [6, 6.07) is 7.25. The number of ether oxygens (including phenoxy) is 2. The van der Waals surface area contributed by atoms with E-state index in [-0.39, 0.29) is 5.91 Å². The van der Waals surface area contributed by atoms with Crippen LogP contribution in [-0.4, -0.2) is 37.2 Å². The van der Waals surface area contributed by atoms with Crippen LogP contribution in [0.1, 0.15) is 49.0 Å². The lowest BCUT2D eigenvalue weighted by Crippen LogP contribution is -2.24. The first kappa shape index (κ1) is 21.2. The number of carbonyl (C=O) groups is 1. The first-order valence-electron chi connectivity index (χ1n) is 10.2. The number of halogens is 1. The van der Waals surface area contributed by atoms with E-state index in [4.69, 9.17) is 21.1 Å². The fourth-order valence-corrected chi connectivity index (χ4v) is 3.55. The van der Waals surface area contributed by atoms with Crippen LogP contribution in [0.4, 0.5) is 5.82 Å². The second-order valence-corrected chi connectivity index (χ2v) is 7.37. The Morgan fingerprint density at radius 1 is 1.21 bits per heavy atom. The molecule has 3 rings (SSSR count). The van der Waals surface area contributed by atoms with Crippen molar-refractivity contribution in [1.29, 1.82) is 0 Å². The van der Waals surface area contributed by atoms with Gasteiger partial charge >= 0.3 is 0 Å². The number of pyridine rings is 1. The minimum absolute atomic E-state index is 0.213. The van der Waals surface area contributed by atoms with Crippen LogP contribution in [-0.2, 0) is 6.54 Å². The molecule has 29 heavy (non-hydrogen) atoms. The summed E-state index contributed by atoms with van der Waals surface area (Å²) in [5.74, 6) is 1.72. The molecule has 1 N–H and O–H groups in total. The van der Waals surface area contributed by atoms with Gasteiger partial charge in [-0.1, -0.05) is 18.5 Å². The quantitative estimate of drug-likeness (QED) is 0.652. The Hall–Kier alpha value is -2.47. The van der Waals surface area contributed by atoms with Crippen LogP contribution < -0.4 is 19.7 Å². The molecule has 0 atom stereocenters. The summed E-state index contributed by atoms with van der Waals surface area (Å²) < 4.78 is 11.3. The molecule has 0 unspecified atom stereocenters. The largest absolute Gasteiger partial charge is 0.490 e. The van der Waals surface area contributed by atoms with Gasteiger partial charge in [0.2, 0.25) is 0 Å². The SMILES string of the molecule is CCCOc1c(Cl)cc(C(=O)NCc2ccnc(N3CCCC3)c2)cc1OCC. The number of nitrogens with zero attached hydrogens (tertiary/aromatic N) is 2. The predicted octanol–water partition coefficient (Wildman–Crippen LogP) is 4.45. The van der Waals surface area contributed by atoms with Crippen molar-refractivity contribution in [3.8, 4) is 11.5 Å². The van der Waals surface area contributed by atoms with Crippen molar-refractivity contribution in [1.82, 2.24) is 10.3 Å². The molecular weight excluding hydrogens is 390 g/mol. The molecular formula is C22H28ClN3O3. The number of amides is 1. The number of hydrogen-bond donors (Lipinski definition) is 1. The van der Waals surface area contributed by atoms with Gasteiger partial charge in [0.15, 0.2) is 11.5 Å². The van der Waals surface area contributed by atoms with Crippen LogP contribution in [0.3, 0.4) is 0 Å². The minimum Gasteiger partial charge on any atom is -0.490 e. The Kier molecular flexibility index (Phi) is 7.58. The van der Waals surface area contributed by atoms with E-state index in [0.29, 0.717) is 41.8 Å². The van der Waals surface area contributed by atoms with Crippen molar-refractivity contribution in [3.63, 3.8) is 0 Å². The number of aromatic nitrogens is 1. The Morgan fingerprint density at radius 3 is 2.72 bits per heavy atom. The van der Waals surface area contributed by atoms with E-state index in [2.05, 4.69) is 15.2 Å². The van der Waals surface area contributed by atoms with E-state index in [1.54, 1.807) is 18.3 Å². The second-order valence-electron chi connectivity index (χ2n) is 6.97. The lowest BCUT2D eigenvalue weighted by Gasteiger charge is -2.17. The van der Waals surface area contributed by atoms with E-state index >= 15 is 0 Å². The number of nitrogens with one attached hydrogen (secondary N) is 1. The number of anilines is 1. The van der Waals surface area contributed by atoms with Crippen molar-refractivity contribution < 1.29 is 14.3 Å². The lowest BCUT2D eigenvalue weighted by molar-refractivity contribution is 0.0950. The van der Waals surface area contributed by atoms with Gasteiger partial charge in [0.1, 0.15) is 5.82 Å². The van der Waals surface area contributed by atoms with E-state index < -0.39 is 0 Å². The zero-order valence-electron chi connectivity index (χ0n) is 17.0. The van der Waals surface area contributed by atoms with Crippen molar-refractivity contribution in [2.75, 3.05) is 31.2 Å². The second kappa shape index (κ2) is 10.3. The minimum atomic E-state index is -0.213. The van der Waals surface area contributed by atoms with Gasteiger partial charge in [0, 0.05) is 31.4 Å². The molecule has 1 aromatic carbocycles. The summed E-state index contributed by atoms with van der Waals surface area (Å²) in [6.07, 6.45) is 5.04. The summed E-state index contributed by atoms with van der Waals surface area (Å²) in [4.78, 5) is 19.4. The molecule has 1 aliphatic rings. The predicted molar refractivity (Wildman–Crippen MR) is 115 cm³/mol. The molecule has 2 heterocycles. The summed E-state index contributed by atoms with van der Waals surface area (Å²) >= 11 is 6.36. The van der Waals surface area contributed by atoms with Gasteiger partial charge in [0.25, 0.3) is 5.91 Å². The van der Waals surface area contributed by atoms with Gasteiger partial charge < -0.3 is 19.7 Å². The highest BCUT2D eigenvalue weighted by atomic mass is 35.5. The molecule has 0 aliphatic carbocycles. The molecule has 2 aromatic rings. The molecule has 1 aliphatic heterocycles. The van der Waals surface area contributed by atoms with E-state index in [1.165, 1.54) is 12.8 Å². The highest BCUT2D eigenvalue weighted by Gasteiger charge is 2.17. The molecule has 1 aromatic heterocycles. The number of hydrogen-bond acceptors (Lipinski definition) is 5. The van der Waals surface area contributed by atoms with Gasteiger partial charge in [-0.05, 0) is 56.0 Å². The molecule has 156 valence electrons. The lowest BCUT2D eigenvalue weighted by atomic mass is 10.1. The highest BCUT2D eigenvalue weighted by Crippen LogP contribution is 2.36. The molecule has 0 radical (unpaired) electrons. The fourth-order valence-electron chi connectivity index (χ4n) is 3.28. The zero-order chi connectivity index (χ0) is 20.6. The Labute approximate surface area is 177 Å². The normalized spacial score (nSPS) is 13.4. The van der Waals surface area contributed by atoms with Crippen molar-refractivity contribution in [3.05, 3.63) is 46.6 Å². The van der Waals surface area contributed by atoms with Gasteiger partial charge in [-0.2, -0.15) is 0 Å². The number of rotatable bonds is 9. The first-order chi connectivity index (χ1) is 14.1. The topological polar surface area (TPSA) is 63.7 Å². The average molecular weight is 418 g/mol. The molecule has 0 spiro atoms. The fraction of sp³-hybridized carbons (Fsp3) is 0.455. The molecule has 7 heteroatoms. The monoisotopic (exact) mass is 417 g/mol. The maximum absolute atomic E-state index is 12.7.